The molecular formula is C42H75O13P. The Bertz CT molecular complexity index is 1160. The van der Waals surface area contributed by atoms with Crippen LogP contribution in [-0.2, 0) is 37.5 Å². The number of phosphoric acid groups is 1. The van der Waals surface area contributed by atoms with Crippen molar-refractivity contribution in [2.75, 3.05) is 26.4 Å². The topological polar surface area (TPSA) is 206 Å². The number of Topliss-reactive ketones (excluding diaryl/α,β-unsaturated/α-hetero) is 1. The Morgan fingerprint density at radius 2 is 1.43 bits per heavy atom. The van der Waals surface area contributed by atoms with Gasteiger partial charge in [-0.15, -0.1) is 0 Å². The molecule has 0 aromatic rings. The van der Waals surface area contributed by atoms with Gasteiger partial charge in [-0.1, -0.05) is 129 Å². The van der Waals surface area contributed by atoms with Crippen LogP contribution >= 0.6 is 7.82 Å². The Kier molecular flexibility index (Phi) is 29.7. The number of rotatable bonds is 35. The van der Waals surface area contributed by atoms with Gasteiger partial charge < -0.3 is 34.8 Å². The second kappa shape index (κ2) is 32.0. The maximum Gasteiger partial charge on any atom is 0.472 e. The van der Waals surface area contributed by atoms with E-state index in [4.69, 9.17) is 19.1 Å². The van der Waals surface area contributed by atoms with E-state index in [0.29, 0.717) is 32.1 Å². The second-order valence-corrected chi connectivity index (χ2v) is 17.1. The Hall–Kier alpha value is -1.96. The molecule has 7 atom stereocenters. The molecule has 326 valence electrons. The molecule has 0 aliphatic heterocycles. The second-order valence-electron chi connectivity index (χ2n) is 15.6. The van der Waals surface area contributed by atoms with Gasteiger partial charge in [0.15, 0.2) is 6.10 Å². The molecule has 0 saturated heterocycles. The summed E-state index contributed by atoms with van der Waals surface area (Å²) in [6.45, 7) is 4.25. The molecule has 0 amide bonds. The molecule has 13 nitrogen and oxygen atoms in total. The Morgan fingerprint density at radius 1 is 0.821 bits per heavy atom. The van der Waals surface area contributed by atoms with E-state index in [9.17, 15) is 39.2 Å². The van der Waals surface area contributed by atoms with Gasteiger partial charge in [-0.05, 0) is 38.0 Å². The van der Waals surface area contributed by atoms with Crippen LogP contribution in [0.5, 0.6) is 0 Å². The number of esters is 2. The van der Waals surface area contributed by atoms with Crippen molar-refractivity contribution >= 4 is 25.5 Å². The summed E-state index contributed by atoms with van der Waals surface area (Å²) in [6, 6.07) is 0. The molecule has 1 unspecified atom stereocenters. The molecule has 1 aliphatic carbocycles. The van der Waals surface area contributed by atoms with Gasteiger partial charge in [-0.3, -0.25) is 23.4 Å². The smallest absolute Gasteiger partial charge is 0.462 e. The van der Waals surface area contributed by atoms with E-state index >= 15 is 0 Å². The third kappa shape index (κ3) is 26.9. The predicted octanol–water partition coefficient (Wildman–Crippen LogP) is 7.45. The van der Waals surface area contributed by atoms with E-state index < -0.39 is 76.5 Å². The number of aliphatic hydroxyl groups excluding tert-OH is 4. The van der Waals surface area contributed by atoms with Gasteiger partial charge in [0.2, 0.25) is 0 Å². The average Bonchev–Trinajstić information content (AvgIpc) is 3.43. The van der Waals surface area contributed by atoms with Crippen molar-refractivity contribution in [1.29, 1.82) is 0 Å². The van der Waals surface area contributed by atoms with E-state index in [0.717, 1.165) is 44.4 Å². The minimum absolute atomic E-state index is 0.00868. The predicted molar refractivity (Wildman–Crippen MR) is 215 cm³/mol. The van der Waals surface area contributed by atoms with Gasteiger partial charge in [-0.2, -0.15) is 0 Å². The number of unbranched alkanes of at least 4 members (excludes halogenated alkanes) is 12. The quantitative estimate of drug-likeness (QED) is 0.0183. The molecule has 0 bridgehead atoms. The summed E-state index contributed by atoms with van der Waals surface area (Å²) in [4.78, 5) is 47.7. The first kappa shape index (κ1) is 52.1. The Balaban J connectivity index is 2.51. The zero-order valence-electron chi connectivity index (χ0n) is 34.5. The molecule has 1 saturated carbocycles. The minimum Gasteiger partial charge on any atom is -0.462 e. The zero-order chi connectivity index (χ0) is 41.6. The van der Waals surface area contributed by atoms with Crippen LogP contribution in [0.3, 0.4) is 0 Å². The number of ether oxygens (including phenoxy) is 2. The van der Waals surface area contributed by atoms with Crippen LogP contribution in [-0.4, -0.2) is 93.9 Å². The lowest BCUT2D eigenvalue weighted by atomic mass is 9.90. The lowest BCUT2D eigenvalue weighted by Gasteiger charge is -2.20. The van der Waals surface area contributed by atoms with Crippen LogP contribution in [0.25, 0.3) is 0 Å². The van der Waals surface area contributed by atoms with Gasteiger partial charge in [0, 0.05) is 31.1 Å². The first-order chi connectivity index (χ1) is 26.8. The summed E-state index contributed by atoms with van der Waals surface area (Å²) in [6.07, 6.45) is 20.9. The minimum atomic E-state index is -4.69. The number of phosphoric ester groups is 1. The first-order valence-corrected chi connectivity index (χ1v) is 22.7. The van der Waals surface area contributed by atoms with Gasteiger partial charge in [0.25, 0.3) is 0 Å². The van der Waals surface area contributed by atoms with Crippen LogP contribution in [0.1, 0.15) is 156 Å². The molecule has 1 rings (SSSR count). The van der Waals surface area contributed by atoms with Crippen molar-refractivity contribution < 1.29 is 62.8 Å². The van der Waals surface area contributed by atoms with Crippen molar-refractivity contribution in [2.45, 2.75) is 180 Å². The van der Waals surface area contributed by atoms with Crippen molar-refractivity contribution in [2.24, 2.45) is 17.8 Å². The maximum atomic E-state index is 12.7. The molecule has 5 N–H and O–H groups in total. The largest absolute Gasteiger partial charge is 0.472 e. The van der Waals surface area contributed by atoms with E-state index in [1.54, 1.807) is 12.2 Å². The summed E-state index contributed by atoms with van der Waals surface area (Å²) < 4.78 is 32.6. The molecule has 0 spiro atoms. The molecular weight excluding hydrogens is 743 g/mol. The fraction of sp³-hybridized carbons (Fsp3) is 0.833. The molecule has 0 heterocycles. The Morgan fingerprint density at radius 3 is 2.07 bits per heavy atom. The van der Waals surface area contributed by atoms with Crippen LogP contribution < -0.4 is 0 Å². The molecule has 0 radical (unpaired) electrons. The van der Waals surface area contributed by atoms with Crippen molar-refractivity contribution in [1.82, 2.24) is 0 Å². The molecule has 56 heavy (non-hydrogen) atoms. The van der Waals surface area contributed by atoms with E-state index in [-0.39, 0.29) is 31.0 Å². The number of carbonyl (C=O) groups is 3. The van der Waals surface area contributed by atoms with Gasteiger partial charge in [0.05, 0.1) is 32.0 Å². The summed E-state index contributed by atoms with van der Waals surface area (Å²) in [5, 5.41) is 39.0. The van der Waals surface area contributed by atoms with Crippen molar-refractivity contribution in [3.63, 3.8) is 0 Å². The summed E-state index contributed by atoms with van der Waals surface area (Å²) in [5.41, 5.74) is 0. The van der Waals surface area contributed by atoms with Crippen LogP contribution in [0.15, 0.2) is 24.3 Å². The number of allylic oxidation sites excluding steroid dienone is 2. The van der Waals surface area contributed by atoms with E-state index in [1.165, 1.54) is 44.9 Å². The maximum absolute atomic E-state index is 12.7. The van der Waals surface area contributed by atoms with Gasteiger partial charge >= 0.3 is 19.8 Å². The third-order valence-electron chi connectivity index (χ3n) is 9.91. The fourth-order valence-corrected chi connectivity index (χ4v) is 7.30. The number of carbonyl (C=O) groups excluding carboxylic acids is 3. The van der Waals surface area contributed by atoms with Crippen molar-refractivity contribution in [3.05, 3.63) is 24.3 Å². The van der Waals surface area contributed by atoms with E-state index in [2.05, 4.69) is 25.3 Å². The fourth-order valence-electron chi connectivity index (χ4n) is 6.51. The lowest BCUT2D eigenvalue weighted by Crippen LogP contribution is -2.29. The highest BCUT2D eigenvalue weighted by Crippen LogP contribution is 2.43. The highest BCUT2D eigenvalue weighted by molar-refractivity contribution is 7.47. The summed E-state index contributed by atoms with van der Waals surface area (Å²) >= 11 is 0. The number of aliphatic hydroxyl groups is 4. The normalized spacial score (nSPS) is 20.2. The molecule has 1 aliphatic rings. The monoisotopic (exact) mass is 818 g/mol. The first-order valence-electron chi connectivity index (χ1n) is 21.3. The number of hydrogen-bond acceptors (Lipinski definition) is 12. The van der Waals surface area contributed by atoms with Crippen molar-refractivity contribution in [3.8, 4) is 0 Å². The molecule has 0 aromatic heterocycles. The van der Waals surface area contributed by atoms with Gasteiger partial charge in [-0.25, -0.2) is 4.57 Å². The zero-order valence-corrected chi connectivity index (χ0v) is 35.4. The number of ketones is 1. The number of hydrogen-bond donors (Lipinski definition) is 5. The van der Waals surface area contributed by atoms with Crippen LogP contribution in [0, 0.1) is 17.8 Å². The SMILES string of the molecule is CCCCC[C@H](O)/C=C/[C@H]1[C@H](O)CC(=O)[C@@H]1C/C=C\CCCC(=O)O[C@H](COC(=O)CCCCCCCCCCCCC(C)C)COP(=O)(O)OC[C@@H](O)CO. The van der Waals surface area contributed by atoms with Crippen LogP contribution in [0.4, 0.5) is 0 Å². The van der Waals surface area contributed by atoms with Crippen LogP contribution in [0.2, 0.25) is 0 Å². The summed E-state index contributed by atoms with van der Waals surface area (Å²) in [5.74, 6) is -1.14. The highest BCUT2D eigenvalue weighted by Gasteiger charge is 2.39. The molecule has 1 fully saturated rings. The standard InChI is InChI=1S/C42H75O13P/c1-4-5-16-22-34(44)26-27-38-37(39(46)28-40(38)47)23-18-14-15-20-25-42(49)55-36(32-54-56(50,51)53-30-35(45)29-43)31-52-41(48)24-19-13-11-9-7-6-8-10-12-17-21-33(2)3/h14,18,26-27,33-38,40,43-45,47H,4-13,15-17,19-25,28-32H2,1-3H3,(H,50,51)/b18-14-,27-26+/t34-,35-,36+,37+,38+,40+/m0/s1. The Labute approximate surface area is 336 Å². The van der Waals surface area contributed by atoms with Gasteiger partial charge in [0.1, 0.15) is 18.5 Å². The average molecular weight is 819 g/mol. The highest BCUT2D eigenvalue weighted by atomic mass is 31.2. The third-order valence-corrected chi connectivity index (χ3v) is 10.9. The molecule has 0 aromatic carbocycles. The van der Waals surface area contributed by atoms with E-state index in [1.807, 2.05) is 12.2 Å². The molecule has 14 heteroatoms. The summed E-state index contributed by atoms with van der Waals surface area (Å²) in [7, 11) is -4.69. The lowest BCUT2D eigenvalue weighted by molar-refractivity contribution is -0.161.